The summed E-state index contributed by atoms with van der Waals surface area (Å²) in [5.74, 6) is 0.0401. The normalized spacial score (nSPS) is 16.6. The number of sulfonamides is 1. The average Bonchev–Trinajstić information content (AvgIpc) is 2.26. The molecule has 1 aliphatic rings. The molecule has 5 heteroatoms. The molecule has 0 atom stereocenters. The van der Waals surface area contributed by atoms with E-state index in [2.05, 4.69) is 0 Å². The van der Waals surface area contributed by atoms with Crippen LogP contribution >= 0.6 is 0 Å². The molecular formula is C12H15NO3S. The molecule has 0 spiro atoms. The summed E-state index contributed by atoms with van der Waals surface area (Å²) < 4.78 is 24.3. The van der Waals surface area contributed by atoms with E-state index in [0.29, 0.717) is 25.1 Å². The third-order valence-corrected chi connectivity index (χ3v) is 4.31. The number of Topliss-reactive ketones (excluding diaryl/α,β-unsaturated/α-hetero) is 1. The van der Waals surface area contributed by atoms with Crippen molar-refractivity contribution in [3.63, 3.8) is 0 Å². The first kappa shape index (κ1) is 12.3. The van der Waals surface area contributed by atoms with Gasteiger partial charge >= 0.3 is 0 Å². The zero-order chi connectivity index (χ0) is 12.6. The SMILES string of the molecule is CC(=O)c1ccc2c(c1)CCN(S(C)(=O)=O)C2. The van der Waals surface area contributed by atoms with E-state index >= 15 is 0 Å². The predicted molar refractivity (Wildman–Crippen MR) is 65.4 cm³/mol. The zero-order valence-electron chi connectivity index (χ0n) is 9.93. The van der Waals surface area contributed by atoms with Gasteiger partial charge in [-0.2, -0.15) is 4.31 Å². The Bertz CT molecular complexity index is 563. The van der Waals surface area contributed by atoms with Gasteiger partial charge in [0, 0.05) is 18.7 Å². The van der Waals surface area contributed by atoms with E-state index < -0.39 is 10.0 Å². The monoisotopic (exact) mass is 253 g/mol. The second-order valence-electron chi connectivity index (χ2n) is 4.39. The number of nitrogens with zero attached hydrogens (tertiary/aromatic N) is 1. The van der Waals surface area contributed by atoms with Gasteiger partial charge in [-0.25, -0.2) is 8.42 Å². The van der Waals surface area contributed by atoms with Gasteiger partial charge in [0.2, 0.25) is 10.0 Å². The van der Waals surface area contributed by atoms with Crippen molar-refractivity contribution in [1.82, 2.24) is 4.31 Å². The molecule has 0 unspecified atom stereocenters. The third-order valence-electron chi connectivity index (χ3n) is 3.06. The number of rotatable bonds is 2. The zero-order valence-corrected chi connectivity index (χ0v) is 10.8. The van der Waals surface area contributed by atoms with Crippen LogP contribution in [0, 0.1) is 0 Å². The number of ketones is 1. The molecule has 0 aliphatic carbocycles. The number of benzene rings is 1. The van der Waals surface area contributed by atoms with Gasteiger partial charge in [-0.1, -0.05) is 12.1 Å². The van der Waals surface area contributed by atoms with E-state index in [1.54, 1.807) is 6.07 Å². The lowest BCUT2D eigenvalue weighted by Crippen LogP contribution is -2.35. The van der Waals surface area contributed by atoms with Crippen LogP contribution in [0.2, 0.25) is 0 Å². The lowest BCUT2D eigenvalue weighted by molar-refractivity contribution is 0.101. The lowest BCUT2D eigenvalue weighted by Gasteiger charge is -2.26. The van der Waals surface area contributed by atoms with Crippen molar-refractivity contribution in [2.45, 2.75) is 19.9 Å². The van der Waals surface area contributed by atoms with Crippen LogP contribution in [0.25, 0.3) is 0 Å². The highest BCUT2D eigenvalue weighted by Crippen LogP contribution is 2.22. The highest BCUT2D eigenvalue weighted by molar-refractivity contribution is 7.88. The summed E-state index contributed by atoms with van der Waals surface area (Å²) in [5.41, 5.74) is 2.76. The van der Waals surface area contributed by atoms with Gasteiger partial charge in [-0.15, -0.1) is 0 Å². The molecule has 17 heavy (non-hydrogen) atoms. The van der Waals surface area contributed by atoms with E-state index in [1.165, 1.54) is 17.5 Å². The summed E-state index contributed by atoms with van der Waals surface area (Å²) in [4.78, 5) is 11.2. The van der Waals surface area contributed by atoms with Crippen molar-refractivity contribution >= 4 is 15.8 Å². The Morgan fingerprint density at radius 1 is 1.29 bits per heavy atom. The molecule has 0 radical (unpaired) electrons. The molecule has 1 aromatic rings. The molecule has 0 bridgehead atoms. The summed E-state index contributed by atoms with van der Waals surface area (Å²) in [6.07, 6.45) is 1.89. The molecule has 0 saturated heterocycles. The molecule has 0 fully saturated rings. The van der Waals surface area contributed by atoms with Gasteiger partial charge < -0.3 is 0 Å². The standard InChI is InChI=1S/C12H15NO3S/c1-9(14)10-3-4-12-8-13(17(2,15)16)6-5-11(12)7-10/h3-4,7H,5-6,8H2,1-2H3. The Kier molecular flexibility index (Phi) is 3.05. The minimum Gasteiger partial charge on any atom is -0.295 e. The Balaban J connectivity index is 2.32. The third kappa shape index (κ3) is 2.56. The summed E-state index contributed by atoms with van der Waals surface area (Å²) in [6, 6.07) is 5.48. The van der Waals surface area contributed by atoms with Crippen LogP contribution in [0.4, 0.5) is 0 Å². The van der Waals surface area contributed by atoms with Gasteiger partial charge in [0.25, 0.3) is 0 Å². The fourth-order valence-electron chi connectivity index (χ4n) is 2.03. The Labute approximate surface area is 101 Å². The van der Waals surface area contributed by atoms with E-state index in [4.69, 9.17) is 0 Å². The van der Waals surface area contributed by atoms with Crippen LogP contribution in [0.1, 0.15) is 28.4 Å². The van der Waals surface area contributed by atoms with Crippen molar-refractivity contribution in [2.75, 3.05) is 12.8 Å². The molecule has 1 aliphatic heterocycles. The number of carbonyl (C=O) groups excluding carboxylic acids is 1. The van der Waals surface area contributed by atoms with Crippen molar-refractivity contribution in [1.29, 1.82) is 0 Å². The number of hydrogen-bond donors (Lipinski definition) is 0. The molecular weight excluding hydrogens is 238 g/mol. The minimum atomic E-state index is -3.13. The maximum absolute atomic E-state index is 11.4. The molecule has 92 valence electrons. The fraction of sp³-hybridized carbons (Fsp3) is 0.417. The van der Waals surface area contributed by atoms with Crippen LogP contribution < -0.4 is 0 Å². The molecule has 0 N–H and O–H groups in total. The molecule has 1 aromatic carbocycles. The first-order valence-corrected chi connectivity index (χ1v) is 7.30. The maximum atomic E-state index is 11.4. The van der Waals surface area contributed by atoms with Crippen LogP contribution in [-0.2, 0) is 23.0 Å². The fourth-order valence-corrected chi connectivity index (χ4v) is 2.83. The van der Waals surface area contributed by atoms with Crippen molar-refractivity contribution in [3.05, 3.63) is 34.9 Å². The van der Waals surface area contributed by atoms with Crippen LogP contribution in [-0.4, -0.2) is 31.3 Å². The van der Waals surface area contributed by atoms with Crippen LogP contribution in [0.5, 0.6) is 0 Å². The molecule has 4 nitrogen and oxygen atoms in total. The molecule has 0 aromatic heterocycles. The first-order valence-electron chi connectivity index (χ1n) is 5.46. The van der Waals surface area contributed by atoms with E-state index in [9.17, 15) is 13.2 Å². The van der Waals surface area contributed by atoms with Gasteiger partial charge in [-0.3, -0.25) is 4.79 Å². The highest BCUT2D eigenvalue weighted by Gasteiger charge is 2.23. The van der Waals surface area contributed by atoms with Gasteiger partial charge in [0.15, 0.2) is 5.78 Å². The number of hydrogen-bond acceptors (Lipinski definition) is 3. The van der Waals surface area contributed by atoms with E-state index in [1.807, 2.05) is 12.1 Å². The Morgan fingerprint density at radius 3 is 2.59 bits per heavy atom. The van der Waals surface area contributed by atoms with E-state index in [0.717, 1.165) is 11.1 Å². The van der Waals surface area contributed by atoms with Crippen molar-refractivity contribution in [2.24, 2.45) is 0 Å². The minimum absolute atomic E-state index is 0.0401. The molecule has 0 amide bonds. The van der Waals surface area contributed by atoms with Crippen molar-refractivity contribution in [3.8, 4) is 0 Å². The number of fused-ring (bicyclic) bond motifs is 1. The second kappa shape index (κ2) is 4.23. The van der Waals surface area contributed by atoms with Crippen LogP contribution in [0.3, 0.4) is 0 Å². The Morgan fingerprint density at radius 2 is 2.00 bits per heavy atom. The summed E-state index contributed by atoms with van der Waals surface area (Å²) >= 11 is 0. The molecule has 0 saturated carbocycles. The first-order chi connectivity index (χ1) is 7.88. The second-order valence-corrected chi connectivity index (χ2v) is 6.37. The van der Waals surface area contributed by atoms with Crippen molar-refractivity contribution < 1.29 is 13.2 Å². The average molecular weight is 253 g/mol. The largest absolute Gasteiger partial charge is 0.295 e. The van der Waals surface area contributed by atoms with Gasteiger partial charge in [-0.05, 0) is 30.5 Å². The van der Waals surface area contributed by atoms with Gasteiger partial charge in [0.1, 0.15) is 0 Å². The maximum Gasteiger partial charge on any atom is 0.211 e. The number of carbonyl (C=O) groups is 1. The predicted octanol–water partition coefficient (Wildman–Crippen LogP) is 1.21. The summed E-state index contributed by atoms with van der Waals surface area (Å²) in [6.45, 7) is 2.44. The Hall–Kier alpha value is -1.20. The van der Waals surface area contributed by atoms with E-state index in [-0.39, 0.29) is 5.78 Å². The smallest absolute Gasteiger partial charge is 0.211 e. The topological polar surface area (TPSA) is 54.5 Å². The van der Waals surface area contributed by atoms with Crippen LogP contribution in [0.15, 0.2) is 18.2 Å². The highest BCUT2D eigenvalue weighted by atomic mass is 32.2. The lowest BCUT2D eigenvalue weighted by atomic mass is 9.97. The molecule has 1 heterocycles. The quantitative estimate of drug-likeness (QED) is 0.744. The summed E-state index contributed by atoms with van der Waals surface area (Å²) in [5, 5.41) is 0. The van der Waals surface area contributed by atoms with Gasteiger partial charge in [0.05, 0.1) is 6.26 Å². The summed E-state index contributed by atoms with van der Waals surface area (Å²) in [7, 11) is -3.13. The molecule has 2 rings (SSSR count).